The molecule has 5 N–H and O–H groups in total. The van der Waals surface area contributed by atoms with Gasteiger partial charge in [0.2, 0.25) is 0 Å². The number of aliphatic hydroxyl groups excluding tert-OH is 2. The lowest BCUT2D eigenvalue weighted by Crippen LogP contribution is -2.36. The summed E-state index contributed by atoms with van der Waals surface area (Å²) < 4.78 is 0. The first kappa shape index (κ1) is 16.4. The molecule has 0 aliphatic carbocycles. The Balaban J connectivity index is 3.02. The molecule has 0 fully saturated rings. The van der Waals surface area contributed by atoms with Crippen molar-refractivity contribution in [1.82, 2.24) is 9.88 Å². The fourth-order valence-corrected chi connectivity index (χ4v) is 1.91. The number of carbonyl (C=O) groups excluding carboxylic acids is 1. The number of hydrazine groups is 1. The van der Waals surface area contributed by atoms with E-state index < -0.39 is 0 Å². The molecule has 0 saturated heterocycles. The van der Waals surface area contributed by atoms with Crippen LogP contribution in [0.15, 0.2) is 12.1 Å². The number of anilines is 1. The predicted molar refractivity (Wildman–Crippen MR) is 76.1 cm³/mol. The molecular weight excluding hydrogens is 260 g/mol. The van der Waals surface area contributed by atoms with E-state index in [1.54, 1.807) is 12.1 Å². The van der Waals surface area contributed by atoms with Crippen LogP contribution in [0.2, 0.25) is 0 Å². The second-order valence-corrected chi connectivity index (χ2v) is 4.37. The van der Waals surface area contributed by atoms with Crippen molar-refractivity contribution in [1.29, 1.82) is 0 Å². The molecule has 0 aliphatic heterocycles. The molecule has 1 aromatic rings. The van der Waals surface area contributed by atoms with Gasteiger partial charge in [-0.1, -0.05) is 13.3 Å². The summed E-state index contributed by atoms with van der Waals surface area (Å²) in [6.07, 6.45) is 1.65. The molecule has 7 heteroatoms. The third-order valence-electron chi connectivity index (χ3n) is 2.81. The lowest BCUT2D eigenvalue weighted by atomic mass is 10.1. The first-order chi connectivity index (χ1) is 9.65. The van der Waals surface area contributed by atoms with Crippen LogP contribution in [0, 0.1) is 0 Å². The van der Waals surface area contributed by atoms with Crippen LogP contribution in [-0.2, 0) is 6.42 Å². The number of nitrogens with zero attached hydrogens (tertiary/aromatic N) is 2. The quantitative estimate of drug-likeness (QED) is 0.386. The predicted octanol–water partition coefficient (Wildman–Crippen LogP) is -0.253. The molecule has 1 amide bonds. The Hall–Kier alpha value is -1.70. The van der Waals surface area contributed by atoms with Crippen LogP contribution in [0.5, 0.6) is 0 Å². The highest BCUT2D eigenvalue weighted by atomic mass is 16.3. The van der Waals surface area contributed by atoms with Gasteiger partial charge < -0.3 is 20.5 Å². The van der Waals surface area contributed by atoms with Crippen molar-refractivity contribution < 1.29 is 15.0 Å². The zero-order valence-electron chi connectivity index (χ0n) is 11.7. The van der Waals surface area contributed by atoms with Crippen molar-refractivity contribution in [3.8, 4) is 0 Å². The second kappa shape index (κ2) is 8.47. The van der Waals surface area contributed by atoms with E-state index in [2.05, 4.69) is 10.4 Å². The van der Waals surface area contributed by atoms with Crippen LogP contribution in [0.3, 0.4) is 0 Å². The Morgan fingerprint density at radius 3 is 2.50 bits per heavy atom. The summed E-state index contributed by atoms with van der Waals surface area (Å²) in [6.45, 7) is 2.07. The Morgan fingerprint density at radius 2 is 2.00 bits per heavy atom. The van der Waals surface area contributed by atoms with Gasteiger partial charge in [-0.15, -0.1) is 0 Å². The maximum absolute atomic E-state index is 12.4. The zero-order valence-corrected chi connectivity index (χ0v) is 11.7. The minimum Gasteiger partial charge on any atom is -0.395 e. The van der Waals surface area contributed by atoms with Crippen LogP contribution in [0.25, 0.3) is 0 Å². The minimum absolute atomic E-state index is 0.152. The summed E-state index contributed by atoms with van der Waals surface area (Å²) in [6, 6.07) is 3.28. The van der Waals surface area contributed by atoms with E-state index in [-0.39, 0.29) is 32.2 Å². The summed E-state index contributed by atoms with van der Waals surface area (Å²) in [5, 5.41) is 18.0. The summed E-state index contributed by atoms with van der Waals surface area (Å²) in [4.78, 5) is 18.0. The largest absolute Gasteiger partial charge is 0.395 e. The summed E-state index contributed by atoms with van der Waals surface area (Å²) in [5.41, 5.74) is 3.66. The number of aliphatic hydroxyl groups is 2. The summed E-state index contributed by atoms with van der Waals surface area (Å²) in [5.74, 6) is 5.52. The number of nitrogens with two attached hydrogens (primary N) is 1. The zero-order chi connectivity index (χ0) is 15.0. The van der Waals surface area contributed by atoms with Gasteiger partial charge in [0.15, 0.2) is 0 Å². The van der Waals surface area contributed by atoms with Gasteiger partial charge in [-0.25, -0.2) is 10.8 Å². The van der Waals surface area contributed by atoms with E-state index in [4.69, 9.17) is 16.1 Å². The highest BCUT2D eigenvalue weighted by Gasteiger charge is 2.16. The van der Waals surface area contributed by atoms with Gasteiger partial charge in [-0.05, 0) is 18.6 Å². The maximum Gasteiger partial charge on any atom is 0.254 e. The number of rotatable bonds is 8. The molecule has 0 atom stereocenters. The summed E-state index contributed by atoms with van der Waals surface area (Å²) >= 11 is 0. The lowest BCUT2D eigenvalue weighted by molar-refractivity contribution is 0.0684. The van der Waals surface area contributed by atoms with Crippen molar-refractivity contribution in [2.24, 2.45) is 5.84 Å². The third-order valence-corrected chi connectivity index (χ3v) is 2.81. The Bertz CT molecular complexity index is 434. The number of hydrogen-bond donors (Lipinski definition) is 4. The molecule has 1 heterocycles. The highest BCUT2D eigenvalue weighted by molar-refractivity contribution is 5.95. The maximum atomic E-state index is 12.4. The Morgan fingerprint density at radius 1 is 1.35 bits per heavy atom. The topological polar surface area (TPSA) is 112 Å². The Labute approximate surface area is 118 Å². The SMILES string of the molecule is CCCc1cc(C(=O)N(CCO)CCO)cc(NN)n1. The second-order valence-electron chi connectivity index (χ2n) is 4.37. The van der Waals surface area contributed by atoms with E-state index in [0.29, 0.717) is 11.4 Å². The molecule has 0 radical (unpaired) electrons. The van der Waals surface area contributed by atoms with Gasteiger partial charge in [0, 0.05) is 24.3 Å². The van der Waals surface area contributed by atoms with Gasteiger partial charge in [0.1, 0.15) is 5.82 Å². The number of amides is 1. The molecule has 112 valence electrons. The molecule has 1 rings (SSSR count). The number of hydrogen-bond acceptors (Lipinski definition) is 6. The average molecular weight is 282 g/mol. The van der Waals surface area contributed by atoms with Crippen LogP contribution in [0.1, 0.15) is 29.4 Å². The van der Waals surface area contributed by atoms with Crippen LogP contribution in [-0.4, -0.2) is 52.3 Å². The molecule has 0 aliphatic rings. The van der Waals surface area contributed by atoms with Crippen molar-refractivity contribution >= 4 is 11.7 Å². The van der Waals surface area contributed by atoms with Gasteiger partial charge in [-0.3, -0.25) is 4.79 Å². The van der Waals surface area contributed by atoms with Gasteiger partial charge >= 0.3 is 0 Å². The van der Waals surface area contributed by atoms with Crippen molar-refractivity contribution in [2.45, 2.75) is 19.8 Å². The standard InChI is InChI=1S/C13H22N4O3/c1-2-3-11-8-10(9-12(15-11)16-14)13(20)17(4-6-18)5-7-19/h8-9,18-19H,2-7,14H2,1H3,(H,15,16). The molecule has 20 heavy (non-hydrogen) atoms. The van der Waals surface area contributed by atoms with Crippen molar-refractivity contribution in [3.05, 3.63) is 23.4 Å². The van der Waals surface area contributed by atoms with Crippen LogP contribution >= 0.6 is 0 Å². The number of nitrogen functional groups attached to an aromatic ring is 1. The monoisotopic (exact) mass is 282 g/mol. The molecule has 7 nitrogen and oxygen atoms in total. The van der Waals surface area contributed by atoms with E-state index in [1.165, 1.54) is 4.90 Å². The van der Waals surface area contributed by atoms with E-state index in [1.807, 2.05) is 6.92 Å². The van der Waals surface area contributed by atoms with Gasteiger partial charge in [0.25, 0.3) is 5.91 Å². The van der Waals surface area contributed by atoms with Crippen molar-refractivity contribution in [3.63, 3.8) is 0 Å². The fourth-order valence-electron chi connectivity index (χ4n) is 1.91. The van der Waals surface area contributed by atoms with E-state index in [9.17, 15) is 4.79 Å². The van der Waals surface area contributed by atoms with Crippen LogP contribution < -0.4 is 11.3 Å². The average Bonchev–Trinajstić information content (AvgIpc) is 2.46. The van der Waals surface area contributed by atoms with Crippen LogP contribution in [0.4, 0.5) is 5.82 Å². The number of aryl methyl sites for hydroxylation is 1. The molecule has 0 saturated carbocycles. The molecule has 0 bridgehead atoms. The highest BCUT2D eigenvalue weighted by Crippen LogP contribution is 2.13. The molecule has 1 aromatic heterocycles. The number of aromatic nitrogens is 1. The first-order valence-corrected chi connectivity index (χ1v) is 6.64. The normalized spacial score (nSPS) is 10.4. The molecular formula is C13H22N4O3. The van der Waals surface area contributed by atoms with Crippen molar-refractivity contribution in [2.75, 3.05) is 31.7 Å². The van der Waals surface area contributed by atoms with Gasteiger partial charge in [0.05, 0.1) is 13.2 Å². The van der Waals surface area contributed by atoms with Gasteiger partial charge in [-0.2, -0.15) is 0 Å². The molecule has 0 spiro atoms. The minimum atomic E-state index is -0.260. The molecule has 0 unspecified atom stereocenters. The summed E-state index contributed by atoms with van der Waals surface area (Å²) in [7, 11) is 0. The first-order valence-electron chi connectivity index (χ1n) is 6.64. The Kier molecular flexibility index (Phi) is 6.92. The molecule has 0 aromatic carbocycles. The number of carbonyl (C=O) groups is 1. The smallest absolute Gasteiger partial charge is 0.254 e. The number of pyridine rings is 1. The van der Waals surface area contributed by atoms with E-state index >= 15 is 0 Å². The lowest BCUT2D eigenvalue weighted by Gasteiger charge is -2.21. The van der Waals surface area contributed by atoms with E-state index in [0.717, 1.165) is 18.5 Å². The number of nitrogens with one attached hydrogen (secondary N) is 1. The third kappa shape index (κ3) is 4.44. The fraction of sp³-hybridized carbons (Fsp3) is 0.538.